The van der Waals surface area contributed by atoms with Crippen LogP contribution in [0.3, 0.4) is 0 Å². The van der Waals surface area contributed by atoms with Crippen molar-refractivity contribution in [1.29, 1.82) is 0 Å². The predicted octanol–water partition coefficient (Wildman–Crippen LogP) is 4.75. The predicted molar refractivity (Wildman–Crippen MR) is 88.5 cm³/mol. The summed E-state index contributed by atoms with van der Waals surface area (Å²) >= 11 is 5.86. The summed E-state index contributed by atoms with van der Waals surface area (Å²) in [5, 5.41) is 6.60. The molecule has 6 heteroatoms. The summed E-state index contributed by atoms with van der Waals surface area (Å²) in [7, 11) is 0. The van der Waals surface area contributed by atoms with E-state index in [9.17, 15) is 13.6 Å². The minimum atomic E-state index is -1.08. The van der Waals surface area contributed by atoms with Crippen LogP contribution in [0.25, 0.3) is 16.7 Å². The molecule has 0 radical (unpaired) electrons. The first-order valence-corrected chi connectivity index (χ1v) is 6.97. The molecule has 3 nitrogen and oxygen atoms in total. The lowest BCUT2D eigenvalue weighted by Crippen LogP contribution is -2.17. The Morgan fingerprint density at radius 2 is 1.91 bits per heavy atom. The summed E-state index contributed by atoms with van der Waals surface area (Å²) in [6.07, 6.45) is 0.820. The van der Waals surface area contributed by atoms with Crippen LogP contribution < -0.4 is 5.56 Å². The molecule has 0 spiro atoms. The molecule has 0 unspecified atom stereocenters. The van der Waals surface area contributed by atoms with E-state index in [0.717, 1.165) is 6.08 Å². The van der Waals surface area contributed by atoms with E-state index in [4.69, 9.17) is 11.6 Å². The molecule has 1 heterocycles. The molecule has 0 aliphatic carbocycles. The van der Waals surface area contributed by atoms with Crippen molar-refractivity contribution in [3.63, 3.8) is 0 Å². The molecule has 1 aromatic heterocycles. The van der Waals surface area contributed by atoms with Crippen molar-refractivity contribution in [2.45, 2.75) is 6.92 Å². The number of hydrogen-bond donors (Lipinski definition) is 1. The molecule has 0 saturated heterocycles. The Labute approximate surface area is 136 Å². The third-order valence-corrected chi connectivity index (χ3v) is 3.49. The molecule has 0 bridgehead atoms. The van der Waals surface area contributed by atoms with Crippen molar-refractivity contribution in [3.8, 4) is 11.1 Å². The van der Waals surface area contributed by atoms with E-state index in [1.54, 1.807) is 31.2 Å². The van der Waals surface area contributed by atoms with Crippen LogP contribution in [0, 0.1) is 6.92 Å². The topological polar surface area (TPSA) is 45.8 Å². The van der Waals surface area contributed by atoms with E-state index in [1.807, 2.05) is 0 Å². The summed E-state index contributed by atoms with van der Waals surface area (Å²) < 4.78 is 27.9. The second-order valence-corrected chi connectivity index (χ2v) is 5.16. The van der Waals surface area contributed by atoms with Crippen LogP contribution in [0.5, 0.6) is 0 Å². The molecule has 1 N–H and O–H groups in total. The van der Waals surface area contributed by atoms with Crippen molar-refractivity contribution < 1.29 is 8.78 Å². The van der Waals surface area contributed by atoms with Crippen LogP contribution in [0.4, 0.5) is 8.78 Å². The fourth-order valence-corrected chi connectivity index (χ4v) is 2.36. The van der Waals surface area contributed by atoms with Gasteiger partial charge in [0, 0.05) is 10.6 Å². The number of allylic oxidation sites excluding steroid dienone is 4. The minimum Gasteiger partial charge on any atom is -0.267 e. The number of hydrogen-bond acceptors (Lipinski definition) is 2. The molecule has 0 aliphatic heterocycles. The van der Waals surface area contributed by atoms with Crippen molar-refractivity contribution in [2.24, 2.45) is 0 Å². The van der Waals surface area contributed by atoms with Gasteiger partial charge in [0.05, 0.1) is 16.8 Å². The van der Waals surface area contributed by atoms with Gasteiger partial charge in [-0.15, -0.1) is 0 Å². The number of rotatable bonds is 4. The summed E-state index contributed by atoms with van der Waals surface area (Å²) in [6.45, 7) is 8.00. The van der Waals surface area contributed by atoms with Gasteiger partial charge in [-0.2, -0.15) is 5.10 Å². The van der Waals surface area contributed by atoms with Gasteiger partial charge in [0.2, 0.25) is 0 Å². The zero-order valence-corrected chi connectivity index (χ0v) is 13.0. The van der Waals surface area contributed by atoms with Gasteiger partial charge in [0.25, 0.3) is 5.56 Å². The first-order valence-electron chi connectivity index (χ1n) is 6.59. The van der Waals surface area contributed by atoms with Gasteiger partial charge in [-0.25, -0.2) is 13.9 Å². The Kier molecular flexibility index (Phi) is 4.91. The van der Waals surface area contributed by atoms with E-state index in [2.05, 4.69) is 23.4 Å². The quantitative estimate of drug-likeness (QED) is 0.820. The van der Waals surface area contributed by atoms with Gasteiger partial charge in [0.1, 0.15) is 11.7 Å². The fraction of sp³-hybridized carbons (Fsp3) is 0.0588. The fourth-order valence-electron chi connectivity index (χ4n) is 2.24. The standard InChI is InChI=1S/C17H13ClF2N2O/c1-4-13(20)14(9(2)19)16-15(10(3)21-22-17(16)23)11-5-7-12(18)8-6-11/h4-8H,1-2H2,3H3,(H,22,23). The average molecular weight is 335 g/mol. The van der Waals surface area contributed by atoms with E-state index < -0.39 is 22.8 Å². The highest BCUT2D eigenvalue weighted by Crippen LogP contribution is 2.34. The second kappa shape index (κ2) is 6.71. The van der Waals surface area contributed by atoms with Crippen LogP contribution >= 0.6 is 11.6 Å². The molecular weight excluding hydrogens is 322 g/mol. The molecule has 1 aromatic carbocycles. The van der Waals surface area contributed by atoms with Gasteiger partial charge >= 0.3 is 0 Å². The lowest BCUT2D eigenvalue weighted by atomic mass is 9.93. The SMILES string of the molecule is C=CC(F)=C(C(=C)F)c1c(-c2ccc(Cl)cc2)c(C)n[nH]c1=O. The van der Waals surface area contributed by atoms with E-state index in [1.165, 1.54) is 0 Å². The minimum absolute atomic E-state index is 0.190. The molecule has 0 fully saturated rings. The van der Waals surface area contributed by atoms with Crippen LogP contribution in [0.2, 0.25) is 5.02 Å². The summed E-state index contributed by atoms with van der Waals surface area (Å²) in [6, 6.07) is 6.50. The molecule has 2 rings (SSSR count). The number of aryl methyl sites for hydroxylation is 1. The highest BCUT2D eigenvalue weighted by Gasteiger charge is 2.22. The highest BCUT2D eigenvalue weighted by molar-refractivity contribution is 6.30. The van der Waals surface area contributed by atoms with Gasteiger partial charge in [-0.05, 0) is 30.7 Å². The maximum atomic E-state index is 14.1. The zero-order chi connectivity index (χ0) is 17.1. The largest absolute Gasteiger partial charge is 0.272 e. The van der Waals surface area contributed by atoms with Gasteiger partial charge in [0.15, 0.2) is 0 Å². The molecule has 118 valence electrons. The molecule has 23 heavy (non-hydrogen) atoms. The van der Waals surface area contributed by atoms with Crippen molar-refractivity contribution in [1.82, 2.24) is 10.2 Å². The number of H-pyrrole nitrogens is 1. The van der Waals surface area contributed by atoms with E-state index in [-0.39, 0.29) is 5.56 Å². The smallest absolute Gasteiger partial charge is 0.267 e. The molecule has 0 amide bonds. The van der Waals surface area contributed by atoms with Gasteiger partial charge < -0.3 is 0 Å². The van der Waals surface area contributed by atoms with Crippen LogP contribution in [0.15, 0.2) is 59.9 Å². The molecule has 0 atom stereocenters. The molecular formula is C17H13ClF2N2O. The number of aromatic amines is 1. The maximum Gasteiger partial charge on any atom is 0.272 e. The van der Waals surface area contributed by atoms with E-state index >= 15 is 0 Å². The van der Waals surface area contributed by atoms with Crippen molar-refractivity contribution in [3.05, 3.63) is 81.8 Å². The summed E-state index contributed by atoms with van der Waals surface area (Å²) in [5.74, 6) is -2.06. The first-order chi connectivity index (χ1) is 10.9. The van der Waals surface area contributed by atoms with Gasteiger partial charge in [-0.1, -0.05) is 36.9 Å². The average Bonchev–Trinajstić information content (AvgIpc) is 2.51. The van der Waals surface area contributed by atoms with Crippen LogP contribution in [-0.4, -0.2) is 10.2 Å². The first kappa shape index (κ1) is 16.8. The number of nitrogens with zero attached hydrogens (tertiary/aromatic N) is 1. The van der Waals surface area contributed by atoms with Gasteiger partial charge in [-0.3, -0.25) is 4.79 Å². The third kappa shape index (κ3) is 3.29. The Balaban J connectivity index is 2.91. The highest BCUT2D eigenvalue weighted by atomic mass is 35.5. The Bertz CT molecular complexity index is 867. The molecule has 0 saturated carbocycles. The monoisotopic (exact) mass is 334 g/mol. The number of halogens is 3. The van der Waals surface area contributed by atoms with E-state index in [0.29, 0.717) is 21.8 Å². The summed E-state index contributed by atoms with van der Waals surface area (Å²) in [5.41, 5.74) is -0.211. The second-order valence-electron chi connectivity index (χ2n) is 4.73. The summed E-state index contributed by atoms with van der Waals surface area (Å²) in [4.78, 5) is 12.2. The van der Waals surface area contributed by atoms with Crippen molar-refractivity contribution in [2.75, 3.05) is 0 Å². The Morgan fingerprint density at radius 3 is 2.43 bits per heavy atom. The lowest BCUT2D eigenvalue weighted by Gasteiger charge is -2.13. The normalized spacial score (nSPS) is 11.8. The van der Waals surface area contributed by atoms with Crippen molar-refractivity contribution >= 4 is 17.2 Å². The molecule has 0 aliphatic rings. The Hall–Kier alpha value is -2.53. The maximum absolute atomic E-state index is 14.1. The Morgan fingerprint density at radius 1 is 1.30 bits per heavy atom. The van der Waals surface area contributed by atoms with Crippen LogP contribution in [0.1, 0.15) is 11.3 Å². The zero-order valence-electron chi connectivity index (χ0n) is 12.3. The number of nitrogens with one attached hydrogen (secondary N) is 1. The number of aromatic nitrogens is 2. The third-order valence-electron chi connectivity index (χ3n) is 3.24. The number of benzene rings is 1. The molecule has 2 aromatic rings. The van der Waals surface area contributed by atoms with Crippen LogP contribution in [-0.2, 0) is 0 Å². The lowest BCUT2D eigenvalue weighted by molar-refractivity contribution is 0.642.